The van der Waals surface area contributed by atoms with Gasteiger partial charge in [-0.05, 0) is 108 Å². The molecular weight excluding hydrogens is 663 g/mol. The van der Waals surface area contributed by atoms with E-state index >= 15 is 0 Å². The number of carbonyl (C=O) groups is 4. The maximum absolute atomic E-state index is 14.0. The number of esters is 2. The number of aromatic nitrogens is 3. The largest absolute Gasteiger partial charge is 0.489 e. The van der Waals surface area contributed by atoms with Crippen molar-refractivity contribution in [2.45, 2.75) is 78.7 Å². The topological polar surface area (TPSA) is 165 Å². The van der Waals surface area contributed by atoms with Gasteiger partial charge in [-0.3, -0.25) is 24.5 Å². The van der Waals surface area contributed by atoms with Gasteiger partial charge in [0.25, 0.3) is 5.56 Å². The first kappa shape index (κ1) is 38.1. The first-order chi connectivity index (χ1) is 23.9. The van der Waals surface area contributed by atoms with E-state index in [1.807, 2.05) is 6.07 Å². The number of nitrogens with one attached hydrogen (secondary N) is 1. The third-order valence-electron chi connectivity index (χ3n) is 7.42. The summed E-state index contributed by atoms with van der Waals surface area (Å²) >= 11 is 0. The number of benzene rings is 3. The molecular formula is C37H41FN4O9. The van der Waals surface area contributed by atoms with Crippen molar-refractivity contribution in [3.63, 3.8) is 0 Å². The highest BCUT2D eigenvalue weighted by molar-refractivity contribution is 6.07. The average Bonchev–Trinajstić information content (AvgIpc) is 3.05. The van der Waals surface area contributed by atoms with Gasteiger partial charge in [-0.2, -0.15) is 0 Å². The Morgan fingerprint density at radius 2 is 1.51 bits per heavy atom. The molecule has 0 spiro atoms. The third-order valence-corrected chi connectivity index (χ3v) is 7.42. The van der Waals surface area contributed by atoms with Crippen molar-refractivity contribution in [1.29, 1.82) is 0 Å². The number of Topliss-reactive ketones (excluding diaryl/α,β-unsaturated/α-hetero) is 1. The highest BCUT2D eigenvalue weighted by Gasteiger charge is 2.52. The van der Waals surface area contributed by atoms with Crippen LogP contribution in [0, 0.1) is 11.2 Å². The van der Waals surface area contributed by atoms with Crippen molar-refractivity contribution in [1.82, 2.24) is 15.0 Å². The van der Waals surface area contributed by atoms with E-state index in [-0.39, 0.29) is 29.6 Å². The maximum atomic E-state index is 14.0. The fraction of sp³-hybridized carbons (Fsp3) is 0.378. The minimum Gasteiger partial charge on any atom is -0.489 e. The number of methoxy groups -OCH3 is 1. The first-order valence-corrected chi connectivity index (χ1v) is 16.1. The fourth-order valence-electron chi connectivity index (χ4n) is 4.95. The predicted molar refractivity (Wildman–Crippen MR) is 185 cm³/mol. The summed E-state index contributed by atoms with van der Waals surface area (Å²) < 4.78 is 36.8. The molecule has 4 rings (SSSR count). The second kappa shape index (κ2) is 15.5. The summed E-state index contributed by atoms with van der Waals surface area (Å²) in [7, 11) is 1.26. The Balaban J connectivity index is 1.62. The second-order valence-corrected chi connectivity index (χ2v) is 13.8. The lowest BCUT2D eigenvalue weighted by Crippen LogP contribution is -2.49. The number of halogens is 1. The lowest BCUT2D eigenvalue weighted by atomic mass is 9.78. The zero-order valence-electron chi connectivity index (χ0n) is 29.6. The van der Waals surface area contributed by atoms with Crippen LogP contribution in [-0.4, -0.2) is 57.1 Å². The van der Waals surface area contributed by atoms with E-state index in [9.17, 15) is 28.4 Å². The number of anilines is 1. The van der Waals surface area contributed by atoms with Gasteiger partial charge < -0.3 is 18.9 Å². The van der Waals surface area contributed by atoms with E-state index in [4.69, 9.17) is 14.2 Å². The summed E-state index contributed by atoms with van der Waals surface area (Å²) in [6.45, 7) is 9.49. The first-order valence-electron chi connectivity index (χ1n) is 16.1. The molecule has 0 fully saturated rings. The molecule has 0 bridgehead atoms. The molecule has 4 aromatic rings. The molecule has 0 atom stereocenters. The van der Waals surface area contributed by atoms with Crippen LogP contribution >= 0.6 is 0 Å². The van der Waals surface area contributed by atoms with Gasteiger partial charge in [0.1, 0.15) is 34.9 Å². The SMILES string of the molecule is COC(=O)Nc1cccc(COc2ccc(C(=O)CC(CCn3nnc4ccc(F)cc4c3=O)(C(=O)OC(C)(C)C)C(=O)OC(C)(C)C)cc2)c1. The summed E-state index contributed by atoms with van der Waals surface area (Å²) in [5, 5.41) is 10.4. The Kier molecular flexibility index (Phi) is 11.6. The minimum atomic E-state index is -2.21. The van der Waals surface area contributed by atoms with Crippen LogP contribution in [-0.2, 0) is 37.0 Å². The quantitative estimate of drug-likeness (QED) is 0.0793. The molecule has 13 nitrogen and oxygen atoms in total. The number of hydrogen-bond donors (Lipinski definition) is 1. The van der Waals surface area contributed by atoms with Gasteiger partial charge in [0, 0.05) is 24.2 Å². The molecule has 1 N–H and O–H groups in total. The number of rotatable bonds is 12. The van der Waals surface area contributed by atoms with Crippen molar-refractivity contribution < 1.29 is 42.5 Å². The van der Waals surface area contributed by atoms with Gasteiger partial charge in [-0.15, -0.1) is 5.10 Å². The Labute approximate surface area is 294 Å². The molecule has 1 heterocycles. The van der Waals surface area contributed by atoms with E-state index in [0.717, 1.165) is 22.4 Å². The van der Waals surface area contributed by atoms with E-state index in [0.29, 0.717) is 11.4 Å². The number of ketones is 1. The maximum Gasteiger partial charge on any atom is 0.411 e. The van der Waals surface area contributed by atoms with E-state index in [1.54, 1.807) is 71.9 Å². The molecule has 51 heavy (non-hydrogen) atoms. The molecule has 14 heteroatoms. The zero-order chi connectivity index (χ0) is 37.6. The average molecular weight is 705 g/mol. The van der Waals surface area contributed by atoms with E-state index < -0.39 is 64.7 Å². The second-order valence-electron chi connectivity index (χ2n) is 13.8. The molecule has 0 aliphatic rings. The predicted octanol–water partition coefficient (Wildman–Crippen LogP) is 6.02. The van der Waals surface area contributed by atoms with Crippen molar-refractivity contribution in [2.24, 2.45) is 5.41 Å². The van der Waals surface area contributed by atoms with Crippen LogP contribution < -0.4 is 15.6 Å². The van der Waals surface area contributed by atoms with Crippen LogP contribution in [0.15, 0.2) is 71.5 Å². The lowest BCUT2D eigenvalue weighted by molar-refractivity contribution is -0.186. The van der Waals surface area contributed by atoms with Gasteiger partial charge >= 0.3 is 18.0 Å². The van der Waals surface area contributed by atoms with E-state index in [1.165, 1.54) is 25.3 Å². The normalized spacial score (nSPS) is 11.8. The Morgan fingerprint density at radius 3 is 2.12 bits per heavy atom. The zero-order valence-corrected chi connectivity index (χ0v) is 29.6. The van der Waals surface area contributed by atoms with Gasteiger partial charge in [-0.1, -0.05) is 17.3 Å². The smallest absolute Gasteiger partial charge is 0.411 e. The molecule has 3 aromatic carbocycles. The minimum absolute atomic E-state index is 0.0471. The molecule has 0 saturated heterocycles. The molecule has 0 saturated carbocycles. The molecule has 0 aliphatic carbocycles. The summed E-state index contributed by atoms with van der Waals surface area (Å²) in [5.41, 5.74) is -3.42. The van der Waals surface area contributed by atoms with Gasteiger partial charge in [-0.25, -0.2) is 13.9 Å². The number of nitrogens with zero attached hydrogens (tertiary/aromatic N) is 3. The van der Waals surface area contributed by atoms with Crippen LogP contribution in [0.5, 0.6) is 5.75 Å². The summed E-state index contributed by atoms with van der Waals surface area (Å²) in [5.74, 6) is -2.85. The van der Waals surface area contributed by atoms with Gasteiger partial charge in [0.05, 0.1) is 12.5 Å². The molecule has 1 aromatic heterocycles. The van der Waals surface area contributed by atoms with Gasteiger partial charge in [0.2, 0.25) is 0 Å². The molecule has 0 aliphatic heterocycles. The van der Waals surface area contributed by atoms with Gasteiger partial charge in [0.15, 0.2) is 11.2 Å². The number of carbonyl (C=O) groups excluding carboxylic acids is 4. The number of aryl methyl sites for hydroxylation is 1. The van der Waals surface area contributed by atoms with Crippen molar-refractivity contribution in [3.8, 4) is 5.75 Å². The fourth-order valence-corrected chi connectivity index (χ4v) is 4.95. The lowest BCUT2D eigenvalue weighted by Gasteiger charge is -2.34. The summed E-state index contributed by atoms with van der Waals surface area (Å²) in [6, 6.07) is 16.6. The van der Waals surface area contributed by atoms with Crippen LogP contribution in [0.3, 0.4) is 0 Å². The van der Waals surface area contributed by atoms with Crippen LogP contribution in [0.1, 0.15) is 70.3 Å². The highest BCUT2D eigenvalue weighted by Crippen LogP contribution is 2.36. The number of amides is 1. The third kappa shape index (κ3) is 10.2. The van der Waals surface area contributed by atoms with Crippen LogP contribution in [0.25, 0.3) is 10.9 Å². The molecule has 0 radical (unpaired) electrons. The number of ether oxygens (including phenoxy) is 4. The van der Waals surface area contributed by atoms with Crippen molar-refractivity contribution in [2.75, 3.05) is 12.4 Å². The molecule has 270 valence electrons. The molecule has 1 amide bonds. The Hall–Kier alpha value is -5.66. The Morgan fingerprint density at radius 1 is 0.863 bits per heavy atom. The summed E-state index contributed by atoms with van der Waals surface area (Å²) in [6.07, 6.45) is -1.70. The van der Waals surface area contributed by atoms with Crippen molar-refractivity contribution in [3.05, 3.63) is 94.0 Å². The monoisotopic (exact) mass is 704 g/mol. The number of fused-ring (bicyclic) bond motifs is 1. The number of hydrogen-bond acceptors (Lipinski definition) is 11. The van der Waals surface area contributed by atoms with Crippen molar-refractivity contribution >= 4 is 40.4 Å². The Bertz CT molecular complexity index is 1950. The van der Waals surface area contributed by atoms with Crippen LogP contribution in [0.4, 0.5) is 14.9 Å². The summed E-state index contributed by atoms with van der Waals surface area (Å²) in [4.78, 5) is 66.7. The molecule has 0 unspecified atom stereocenters. The van der Waals surface area contributed by atoms with Crippen LogP contribution in [0.2, 0.25) is 0 Å². The van der Waals surface area contributed by atoms with E-state index in [2.05, 4.69) is 20.4 Å². The standard InChI is InChI=1S/C37H41FN4O9/c1-35(2,3)50-32(45)37(33(46)51-36(4,5)6,17-18-42-31(44)28-20-25(38)13-16-29(28)40-41-42)21-30(43)24-11-14-27(15-12-24)49-22-23-9-8-10-26(19-23)39-34(47)48-7/h8-16,19-20H,17-18,21-22H2,1-7H3,(H,39,47). The highest BCUT2D eigenvalue weighted by atomic mass is 19.1.